The summed E-state index contributed by atoms with van der Waals surface area (Å²) in [7, 11) is -3.85. The van der Waals surface area contributed by atoms with E-state index < -0.39 is 22.1 Å². The average molecular weight is 439 g/mol. The first kappa shape index (κ1) is 21.5. The first-order chi connectivity index (χ1) is 15.0. The SMILES string of the molecule is O=C(N[C@H](CO)Cc1ccccc1)[C@H]1CCCN1S(=O)(=O)c1cccc2ccccc12. The Hall–Kier alpha value is -2.74. The van der Waals surface area contributed by atoms with Gasteiger partial charge in [-0.25, -0.2) is 8.42 Å². The van der Waals surface area contributed by atoms with Crippen molar-refractivity contribution in [1.29, 1.82) is 0 Å². The van der Waals surface area contributed by atoms with Crippen LogP contribution in [-0.4, -0.2) is 49.0 Å². The van der Waals surface area contributed by atoms with Crippen molar-refractivity contribution in [2.45, 2.75) is 36.2 Å². The van der Waals surface area contributed by atoms with Crippen molar-refractivity contribution in [3.8, 4) is 0 Å². The summed E-state index contributed by atoms with van der Waals surface area (Å²) in [5.74, 6) is -0.365. The molecule has 1 aliphatic rings. The van der Waals surface area contributed by atoms with Crippen LogP contribution in [-0.2, 0) is 21.2 Å². The highest BCUT2D eigenvalue weighted by molar-refractivity contribution is 7.89. The van der Waals surface area contributed by atoms with Crippen LogP contribution in [0.5, 0.6) is 0 Å². The Kier molecular flexibility index (Phi) is 6.36. The lowest BCUT2D eigenvalue weighted by Crippen LogP contribution is -2.50. The fourth-order valence-electron chi connectivity index (χ4n) is 4.19. The Balaban J connectivity index is 1.56. The van der Waals surface area contributed by atoms with E-state index in [1.807, 2.05) is 54.6 Å². The summed E-state index contributed by atoms with van der Waals surface area (Å²) < 4.78 is 28.3. The molecule has 0 saturated carbocycles. The van der Waals surface area contributed by atoms with Gasteiger partial charge in [0.05, 0.1) is 17.5 Å². The Bertz CT molecular complexity index is 1160. The van der Waals surface area contributed by atoms with E-state index in [9.17, 15) is 18.3 Å². The summed E-state index contributed by atoms with van der Waals surface area (Å²) in [4.78, 5) is 13.2. The number of hydrogen-bond donors (Lipinski definition) is 2. The minimum atomic E-state index is -3.85. The predicted molar refractivity (Wildman–Crippen MR) is 120 cm³/mol. The van der Waals surface area contributed by atoms with Gasteiger partial charge >= 0.3 is 0 Å². The first-order valence-corrected chi connectivity index (χ1v) is 11.9. The third kappa shape index (κ3) is 4.49. The standard InChI is InChI=1S/C24H26N2O4S/c27-17-20(16-18-8-2-1-3-9-18)25-24(28)22-13-7-15-26(22)31(29,30)23-14-6-11-19-10-4-5-12-21(19)23/h1-6,8-12,14,20,22,27H,7,13,15-17H2,(H,25,28)/t20-,22+/m0/s1. The van der Waals surface area contributed by atoms with Gasteiger partial charge in [-0.15, -0.1) is 0 Å². The molecule has 1 amide bonds. The summed E-state index contributed by atoms with van der Waals surface area (Å²) >= 11 is 0. The molecular formula is C24H26N2O4S. The van der Waals surface area contributed by atoms with Crippen LogP contribution in [0.15, 0.2) is 77.7 Å². The molecule has 3 aromatic rings. The van der Waals surface area contributed by atoms with Gasteiger partial charge in [0, 0.05) is 11.9 Å². The number of carbonyl (C=O) groups is 1. The number of hydrogen-bond acceptors (Lipinski definition) is 4. The van der Waals surface area contributed by atoms with Gasteiger partial charge in [-0.05, 0) is 36.3 Å². The minimum Gasteiger partial charge on any atom is -0.394 e. The number of benzene rings is 3. The van der Waals surface area contributed by atoms with Crippen molar-refractivity contribution in [3.63, 3.8) is 0 Å². The number of sulfonamides is 1. The molecule has 4 rings (SSSR count). The van der Waals surface area contributed by atoms with E-state index in [4.69, 9.17) is 0 Å². The van der Waals surface area contributed by atoms with Gasteiger partial charge in [0.1, 0.15) is 6.04 Å². The maximum Gasteiger partial charge on any atom is 0.244 e. The molecule has 2 atom stereocenters. The molecular weight excluding hydrogens is 412 g/mol. The molecule has 1 aliphatic heterocycles. The quantitative estimate of drug-likeness (QED) is 0.594. The van der Waals surface area contributed by atoms with Crippen LogP contribution in [0.4, 0.5) is 0 Å². The van der Waals surface area contributed by atoms with Gasteiger partial charge in [0.2, 0.25) is 15.9 Å². The lowest BCUT2D eigenvalue weighted by atomic mass is 10.1. The van der Waals surface area contributed by atoms with Crippen LogP contribution >= 0.6 is 0 Å². The third-order valence-electron chi connectivity index (χ3n) is 5.73. The van der Waals surface area contributed by atoms with E-state index in [2.05, 4.69) is 5.32 Å². The average Bonchev–Trinajstić information content (AvgIpc) is 3.30. The lowest BCUT2D eigenvalue weighted by Gasteiger charge is -2.26. The number of amides is 1. The molecule has 0 unspecified atom stereocenters. The Labute approximate surface area is 182 Å². The zero-order valence-corrected chi connectivity index (χ0v) is 18.0. The number of nitrogens with zero attached hydrogens (tertiary/aromatic N) is 1. The highest BCUT2D eigenvalue weighted by Gasteiger charge is 2.40. The first-order valence-electron chi connectivity index (χ1n) is 10.5. The number of carbonyl (C=O) groups excluding carboxylic acids is 1. The Morgan fingerprint density at radius 3 is 2.52 bits per heavy atom. The number of aliphatic hydroxyl groups is 1. The number of nitrogens with one attached hydrogen (secondary N) is 1. The van der Waals surface area contributed by atoms with Crippen molar-refractivity contribution >= 4 is 26.7 Å². The van der Waals surface area contributed by atoms with Gasteiger partial charge in [-0.3, -0.25) is 4.79 Å². The number of rotatable bonds is 7. The summed E-state index contributed by atoms with van der Waals surface area (Å²) in [5, 5.41) is 14.1. The molecule has 0 aromatic heterocycles. The molecule has 1 fully saturated rings. The van der Waals surface area contributed by atoms with Crippen molar-refractivity contribution in [2.75, 3.05) is 13.2 Å². The highest BCUT2D eigenvalue weighted by atomic mass is 32.2. The maximum absolute atomic E-state index is 13.5. The molecule has 6 nitrogen and oxygen atoms in total. The van der Waals surface area contributed by atoms with Gasteiger partial charge in [0.25, 0.3) is 0 Å². The van der Waals surface area contributed by atoms with E-state index >= 15 is 0 Å². The molecule has 31 heavy (non-hydrogen) atoms. The van der Waals surface area contributed by atoms with Crippen molar-refractivity contribution in [1.82, 2.24) is 9.62 Å². The minimum absolute atomic E-state index is 0.216. The van der Waals surface area contributed by atoms with Crippen LogP contribution in [0, 0.1) is 0 Å². The number of fused-ring (bicyclic) bond motifs is 1. The predicted octanol–water partition coefficient (Wildman–Crippen LogP) is 2.71. The Morgan fingerprint density at radius 2 is 1.74 bits per heavy atom. The number of aliphatic hydroxyl groups excluding tert-OH is 1. The maximum atomic E-state index is 13.5. The second-order valence-corrected chi connectivity index (χ2v) is 9.69. The summed E-state index contributed by atoms with van der Waals surface area (Å²) in [6, 6.07) is 20.9. The summed E-state index contributed by atoms with van der Waals surface area (Å²) in [6.07, 6.45) is 1.55. The van der Waals surface area contributed by atoms with Gasteiger partial charge in [-0.1, -0.05) is 66.7 Å². The van der Waals surface area contributed by atoms with Crippen molar-refractivity contribution in [2.24, 2.45) is 0 Å². The van der Waals surface area contributed by atoms with E-state index in [0.29, 0.717) is 31.2 Å². The molecule has 1 heterocycles. The summed E-state index contributed by atoms with van der Waals surface area (Å²) in [5.41, 5.74) is 0.994. The second kappa shape index (κ2) is 9.18. The largest absolute Gasteiger partial charge is 0.394 e. The van der Waals surface area contributed by atoms with E-state index in [1.54, 1.807) is 18.2 Å². The van der Waals surface area contributed by atoms with Crippen molar-refractivity contribution < 1.29 is 18.3 Å². The molecule has 3 aromatic carbocycles. The third-order valence-corrected chi connectivity index (χ3v) is 7.70. The molecule has 0 bridgehead atoms. The fourth-order valence-corrected chi connectivity index (χ4v) is 6.07. The van der Waals surface area contributed by atoms with E-state index in [0.717, 1.165) is 10.9 Å². The van der Waals surface area contributed by atoms with Crippen LogP contribution < -0.4 is 5.32 Å². The van der Waals surface area contributed by atoms with Crippen LogP contribution in [0.3, 0.4) is 0 Å². The van der Waals surface area contributed by atoms with Crippen LogP contribution in [0.2, 0.25) is 0 Å². The van der Waals surface area contributed by atoms with Gasteiger partial charge in [-0.2, -0.15) is 4.31 Å². The smallest absolute Gasteiger partial charge is 0.244 e. The van der Waals surface area contributed by atoms with E-state index in [-0.39, 0.29) is 17.4 Å². The lowest BCUT2D eigenvalue weighted by molar-refractivity contribution is -0.125. The van der Waals surface area contributed by atoms with Crippen molar-refractivity contribution in [3.05, 3.63) is 78.4 Å². The molecule has 1 saturated heterocycles. The van der Waals surface area contributed by atoms with Crippen LogP contribution in [0.1, 0.15) is 18.4 Å². The highest BCUT2D eigenvalue weighted by Crippen LogP contribution is 2.30. The zero-order valence-electron chi connectivity index (χ0n) is 17.1. The zero-order chi connectivity index (χ0) is 21.8. The molecule has 0 spiro atoms. The molecule has 2 N–H and O–H groups in total. The Morgan fingerprint density at radius 1 is 1.03 bits per heavy atom. The monoisotopic (exact) mass is 438 g/mol. The summed E-state index contributed by atoms with van der Waals surface area (Å²) in [6.45, 7) is 0.0789. The molecule has 0 radical (unpaired) electrons. The normalized spacial score (nSPS) is 18.2. The molecule has 0 aliphatic carbocycles. The topological polar surface area (TPSA) is 86.7 Å². The van der Waals surface area contributed by atoms with Gasteiger partial charge < -0.3 is 10.4 Å². The molecule has 7 heteroatoms. The molecule has 162 valence electrons. The second-order valence-electron chi connectivity index (χ2n) is 7.83. The van der Waals surface area contributed by atoms with Gasteiger partial charge in [0.15, 0.2) is 0 Å². The van der Waals surface area contributed by atoms with Crippen LogP contribution in [0.25, 0.3) is 10.8 Å². The fraction of sp³-hybridized carbons (Fsp3) is 0.292. The van der Waals surface area contributed by atoms with E-state index in [1.165, 1.54) is 4.31 Å².